The highest BCUT2D eigenvalue weighted by Crippen LogP contribution is 2.23. The second-order valence-electron chi connectivity index (χ2n) is 2.37. The summed E-state index contributed by atoms with van der Waals surface area (Å²) in [5.41, 5.74) is 5.54. The fourth-order valence-electron chi connectivity index (χ4n) is 0.813. The van der Waals surface area contributed by atoms with Crippen molar-refractivity contribution in [1.29, 1.82) is 0 Å². The van der Waals surface area contributed by atoms with Crippen LogP contribution >= 0.6 is 11.3 Å². The monoisotopic (exact) mass is 210 g/mol. The Hall–Kier alpha value is -1.74. The van der Waals surface area contributed by atoms with E-state index in [-0.39, 0.29) is 18.3 Å². The van der Waals surface area contributed by atoms with Crippen LogP contribution in [0.5, 0.6) is 0 Å². The van der Waals surface area contributed by atoms with E-state index in [2.05, 4.69) is 21.5 Å². The third kappa shape index (κ3) is 2.14. The van der Waals surface area contributed by atoms with Crippen LogP contribution in [0.15, 0.2) is 0 Å². The van der Waals surface area contributed by atoms with Gasteiger partial charge in [0.05, 0.1) is 6.54 Å². The number of amides is 1. The van der Waals surface area contributed by atoms with Crippen LogP contribution in [-0.2, 0) is 0 Å². The molecule has 0 aliphatic rings. The number of terminal acetylenes is 1. The second kappa shape index (κ2) is 4.48. The van der Waals surface area contributed by atoms with Crippen molar-refractivity contribution in [2.45, 2.75) is 0 Å². The molecule has 0 spiro atoms. The van der Waals surface area contributed by atoms with Gasteiger partial charge in [-0.2, -0.15) is 0 Å². The van der Waals surface area contributed by atoms with E-state index in [0.717, 1.165) is 0 Å². The Kier molecular flexibility index (Phi) is 3.31. The Labute approximate surface area is 85.7 Å². The highest BCUT2D eigenvalue weighted by atomic mass is 32.1. The predicted octanol–water partition coefficient (Wildman–Crippen LogP) is 0.130. The Morgan fingerprint density at radius 1 is 1.79 bits per heavy atom. The van der Waals surface area contributed by atoms with Gasteiger partial charge in [-0.3, -0.25) is 4.79 Å². The molecule has 0 saturated carbocycles. The average molecular weight is 210 g/mol. The lowest BCUT2D eigenvalue weighted by Crippen LogP contribution is -2.23. The topological polar surface area (TPSA) is 80.0 Å². The van der Waals surface area contributed by atoms with Crippen LogP contribution in [0.25, 0.3) is 0 Å². The molecule has 0 aliphatic carbocycles. The molecule has 0 aliphatic heterocycles. The van der Waals surface area contributed by atoms with Crippen molar-refractivity contribution in [1.82, 2.24) is 10.3 Å². The summed E-state index contributed by atoms with van der Waals surface area (Å²) in [6.45, 7) is 0.186. The molecule has 4 N–H and O–H groups in total. The van der Waals surface area contributed by atoms with Crippen LogP contribution in [0.1, 0.15) is 9.67 Å². The molecule has 0 fully saturated rings. The smallest absolute Gasteiger partial charge is 0.266 e. The second-order valence-corrected chi connectivity index (χ2v) is 3.37. The van der Waals surface area contributed by atoms with E-state index < -0.39 is 0 Å². The number of anilines is 2. The zero-order chi connectivity index (χ0) is 10.6. The molecule has 0 bridgehead atoms. The van der Waals surface area contributed by atoms with E-state index in [4.69, 9.17) is 12.2 Å². The zero-order valence-corrected chi connectivity index (χ0v) is 8.44. The molecule has 14 heavy (non-hydrogen) atoms. The van der Waals surface area contributed by atoms with Crippen LogP contribution < -0.4 is 16.4 Å². The molecule has 0 saturated heterocycles. The molecule has 0 radical (unpaired) electrons. The van der Waals surface area contributed by atoms with Gasteiger partial charge < -0.3 is 16.4 Å². The van der Waals surface area contributed by atoms with Gasteiger partial charge in [-0.25, -0.2) is 4.98 Å². The summed E-state index contributed by atoms with van der Waals surface area (Å²) in [5.74, 6) is 2.23. The van der Waals surface area contributed by atoms with E-state index in [9.17, 15) is 4.79 Å². The van der Waals surface area contributed by atoms with Gasteiger partial charge in [0.15, 0.2) is 5.13 Å². The van der Waals surface area contributed by atoms with E-state index >= 15 is 0 Å². The first-order valence-corrected chi connectivity index (χ1v) is 4.66. The maximum absolute atomic E-state index is 11.4. The normalized spacial score (nSPS) is 9.14. The summed E-state index contributed by atoms with van der Waals surface area (Å²) in [6.07, 6.45) is 5.00. The van der Waals surface area contributed by atoms with Gasteiger partial charge in [0.25, 0.3) is 5.91 Å². The standard InChI is InChI=1S/C8H10N4OS/c1-3-4-11-7(13)5-6(9)12-8(10-2)14-5/h1H,4,9H2,2H3,(H,10,12)(H,11,13). The third-order valence-electron chi connectivity index (χ3n) is 1.42. The number of carbonyl (C=O) groups is 1. The van der Waals surface area contributed by atoms with Crippen molar-refractivity contribution in [3.63, 3.8) is 0 Å². The van der Waals surface area contributed by atoms with Gasteiger partial charge in [0.2, 0.25) is 0 Å². The number of aromatic nitrogens is 1. The first kappa shape index (κ1) is 10.3. The highest BCUT2D eigenvalue weighted by molar-refractivity contribution is 7.18. The van der Waals surface area contributed by atoms with E-state index in [0.29, 0.717) is 10.0 Å². The summed E-state index contributed by atoms with van der Waals surface area (Å²) in [4.78, 5) is 15.7. The number of nitrogens with one attached hydrogen (secondary N) is 2. The molecule has 1 aromatic rings. The van der Waals surface area contributed by atoms with Crippen LogP contribution in [0, 0.1) is 12.3 Å². The number of rotatable bonds is 3. The highest BCUT2D eigenvalue weighted by Gasteiger charge is 2.14. The summed E-state index contributed by atoms with van der Waals surface area (Å²) in [6, 6.07) is 0. The number of nitrogens with zero attached hydrogens (tertiary/aromatic N) is 1. The van der Waals surface area contributed by atoms with Crippen LogP contribution in [0.2, 0.25) is 0 Å². The van der Waals surface area contributed by atoms with Crippen molar-refractivity contribution >= 4 is 28.2 Å². The average Bonchev–Trinajstić information content (AvgIpc) is 2.56. The Bertz CT molecular complexity index is 379. The lowest BCUT2D eigenvalue weighted by Gasteiger charge is -1.97. The number of thiazole rings is 1. The molecule has 1 heterocycles. The number of nitrogen functional groups attached to an aromatic ring is 1. The number of nitrogens with two attached hydrogens (primary N) is 1. The first-order valence-electron chi connectivity index (χ1n) is 3.84. The van der Waals surface area contributed by atoms with Gasteiger partial charge in [-0.1, -0.05) is 17.3 Å². The third-order valence-corrected chi connectivity index (χ3v) is 2.51. The molecule has 74 valence electrons. The van der Waals surface area contributed by atoms with Crippen molar-refractivity contribution in [3.8, 4) is 12.3 Å². The largest absolute Gasteiger partial charge is 0.382 e. The van der Waals surface area contributed by atoms with Gasteiger partial charge in [-0.05, 0) is 0 Å². The summed E-state index contributed by atoms with van der Waals surface area (Å²) >= 11 is 1.19. The first-order chi connectivity index (χ1) is 6.69. The van der Waals surface area contributed by atoms with Crippen molar-refractivity contribution < 1.29 is 4.79 Å². The molecule has 6 heteroatoms. The molecule has 5 nitrogen and oxygen atoms in total. The fraction of sp³-hybridized carbons (Fsp3) is 0.250. The summed E-state index contributed by atoms with van der Waals surface area (Å²) in [7, 11) is 1.71. The molecule has 0 aromatic carbocycles. The number of hydrogen-bond acceptors (Lipinski definition) is 5. The van der Waals surface area contributed by atoms with E-state index in [1.165, 1.54) is 11.3 Å². The maximum atomic E-state index is 11.4. The van der Waals surface area contributed by atoms with Gasteiger partial charge in [-0.15, -0.1) is 6.42 Å². The minimum absolute atomic E-state index is 0.186. The summed E-state index contributed by atoms with van der Waals surface area (Å²) < 4.78 is 0. The van der Waals surface area contributed by atoms with E-state index in [1.807, 2.05) is 0 Å². The fourth-order valence-corrected chi connectivity index (χ4v) is 1.57. The van der Waals surface area contributed by atoms with Crippen molar-refractivity contribution in [3.05, 3.63) is 4.88 Å². The quantitative estimate of drug-likeness (QED) is 0.619. The number of hydrogen-bond donors (Lipinski definition) is 3. The minimum atomic E-state index is -0.292. The molecule has 1 rings (SSSR count). The summed E-state index contributed by atoms with van der Waals surface area (Å²) in [5, 5.41) is 5.93. The van der Waals surface area contributed by atoms with Crippen LogP contribution in [0.3, 0.4) is 0 Å². The Balaban J connectivity index is 2.79. The Morgan fingerprint density at radius 2 is 2.50 bits per heavy atom. The Morgan fingerprint density at radius 3 is 3.00 bits per heavy atom. The molecular weight excluding hydrogens is 200 g/mol. The number of carbonyl (C=O) groups excluding carboxylic acids is 1. The predicted molar refractivity (Wildman–Crippen MR) is 57.2 cm³/mol. The van der Waals surface area contributed by atoms with Gasteiger partial charge in [0, 0.05) is 7.05 Å². The van der Waals surface area contributed by atoms with E-state index in [1.54, 1.807) is 7.05 Å². The van der Waals surface area contributed by atoms with Gasteiger partial charge >= 0.3 is 0 Å². The van der Waals surface area contributed by atoms with Crippen molar-refractivity contribution in [2.24, 2.45) is 0 Å². The molecule has 1 aromatic heterocycles. The van der Waals surface area contributed by atoms with Crippen molar-refractivity contribution in [2.75, 3.05) is 24.6 Å². The molecule has 0 unspecified atom stereocenters. The molecular formula is C8H10N4OS. The van der Waals surface area contributed by atoms with Crippen LogP contribution in [0.4, 0.5) is 10.9 Å². The molecule has 0 atom stereocenters. The maximum Gasteiger partial charge on any atom is 0.266 e. The lowest BCUT2D eigenvalue weighted by molar-refractivity contribution is 0.0963. The molecule has 1 amide bonds. The van der Waals surface area contributed by atoms with Crippen LogP contribution in [-0.4, -0.2) is 24.5 Å². The van der Waals surface area contributed by atoms with Gasteiger partial charge in [0.1, 0.15) is 10.7 Å². The minimum Gasteiger partial charge on any atom is -0.382 e. The SMILES string of the molecule is C#CCNC(=O)c1sc(NC)nc1N. The zero-order valence-electron chi connectivity index (χ0n) is 7.63. The lowest BCUT2D eigenvalue weighted by atomic mass is 10.4.